The maximum atomic E-state index is 12.0. The van der Waals surface area contributed by atoms with Crippen molar-refractivity contribution in [2.24, 2.45) is 0 Å². The van der Waals surface area contributed by atoms with Gasteiger partial charge in [-0.2, -0.15) is 13.2 Å². The van der Waals surface area contributed by atoms with Crippen LogP contribution in [-0.2, 0) is 9.53 Å². The second-order valence-electron chi connectivity index (χ2n) is 4.09. The van der Waals surface area contributed by atoms with Crippen molar-refractivity contribution in [2.75, 3.05) is 11.9 Å². The van der Waals surface area contributed by atoms with E-state index in [0.717, 1.165) is 0 Å². The van der Waals surface area contributed by atoms with Gasteiger partial charge in [0, 0.05) is 18.3 Å². The zero-order chi connectivity index (χ0) is 15.3. The summed E-state index contributed by atoms with van der Waals surface area (Å²) in [6, 6.07) is 0. The second-order valence-corrected chi connectivity index (χ2v) is 4.09. The minimum atomic E-state index is -4.39. The number of nitrogens with one attached hydrogen (secondary N) is 2. The third-order valence-corrected chi connectivity index (χ3v) is 2.47. The normalized spacial score (nSPS) is 11.2. The molecule has 1 rings (SSSR count). The van der Waals surface area contributed by atoms with Crippen LogP contribution in [0.25, 0.3) is 0 Å². The lowest BCUT2D eigenvalue weighted by molar-refractivity contribution is -0.142. The van der Waals surface area contributed by atoms with Gasteiger partial charge >= 0.3 is 12.1 Å². The van der Waals surface area contributed by atoms with E-state index in [4.69, 9.17) is 4.74 Å². The van der Waals surface area contributed by atoms with Crippen molar-refractivity contribution >= 4 is 17.6 Å². The quantitative estimate of drug-likeness (QED) is 0.820. The molecule has 0 radical (unpaired) electrons. The summed E-state index contributed by atoms with van der Waals surface area (Å²) >= 11 is 0. The standard InChI is InChI=1S/C12H15F3N2O3/c1-3-20-11(19)10-7(2)16-6-8(10)17-9(18)4-5-12(13,14)15/h6,16H,3-5H2,1-2H3,(H,17,18). The molecule has 1 amide bonds. The molecule has 1 aromatic rings. The van der Waals surface area contributed by atoms with Crippen LogP contribution in [0, 0.1) is 6.92 Å². The van der Waals surface area contributed by atoms with Crippen molar-refractivity contribution in [2.45, 2.75) is 32.9 Å². The fourth-order valence-corrected chi connectivity index (χ4v) is 1.56. The first kappa shape index (κ1) is 16.1. The Morgan fingerprint density at radius 2 is 2.05 bits per heavy atom. The smallest absolute Gasteiger partial charge is 0.389 e. The van der Waals surface area contributed by atoms with Crippen molar-refractivity contribution < 1.29 is 27.5 Å². The van der Waals surface area contributed by atoms with Crippen LogP contribution < -0.4 is 5.32 Å². The number of amides is 1. The molecule has 1 aromatic heterocycles. The van der Waals surface area contributed by atoms with Gasteiger partial charge in [0.2, 0.25) is 5.91 Å². The third kappa shape index (κ3) is 4.60. The van der Waals surface area contributed by atoms with Crippen molar-refractivity contribution in [3.8, 4) is 0 Å². The molecule has 0 atom stereocenters. The largest absolute Gasteiger partial charge is 0.462 e. The van der Waals surface area contributed by atoms with Gasteiger partial charge in [-0.3, -0.25) is 4.79 Å². The predicted molar refractivity (Wildman–Crippen MR) is 65.4 cm³/mol. The highest BCUT2D eigenvalue weighted by Crippen LogP contribution is 2.23. The molecular weight excluding hydrogens is 277 g/mol. The van der Waals surface area contributed by atoms with Crippen LogP contribution in [0.1, 0.15) is 35.8 Å². The molecule has 0 saturated heterocycles. The number of aromatic nitrogens is 1. The van der Waals surface area contributed by atoms with Crippen molar-refractivity contribution in [3.63, 3.8) is 0 Å². The monoisotopic (exact) mass is 292 g/mol. The minimum Gasteiger partial charge on any atom is -0.462 e. The highest BCUT2D eigenvalue weighted by atomic mass is 19.4. The zero-order valence-corrected chi connectivity index (χ0v) is 11.1. The van der Waals surface area contributed by atoms with Crippen LogP contribution in [-0.4, -0.2) is 29.6 Å². The molecule has 0 aliphatic rings. The Morgan fingerprint density at radius 3 is 2.60 bits per heavy atom. The van der Waals surface area contributed by atoms with E-state index in [-0.39, 0.29) is 17.9 Å². The van der Waals surface area contributed by atoms with E-state index in [1.54, 1.807) is 13.8 Å². The van der Waals surface area contributed by atoms with Crippen LogP contribution in [0.5, 0.6) is 0 Å². The summed E-state index contributed by atoms with van der Waals surface area (Å²) in [6.07, 6.45) is -4.96. The molecule has 0 aromatic carbocycles. The van der Waals surface area contributed by atoms with Gasteiger partial charge in [0.25, 0.3) is 0 Å². The van der Waals surface area contributed by atoms with Crippen LogP contribution in [0.15, 0.2) is 6.20 Å². The van der Waals surface area contributed by atoms with Gasteiger partial charge < -0.3 is 15.0 Å². The van der Waals surface area contributed by atoms with Gasteiger partial charge in [-0.15, -0.1) is 0 Å². The zero-order valence-electron chi connectivity index (χ0n) is 11.1. The molecule has 0 spiro atoms. The number of halogens is 3. The van der Waals surface area contributed by atoms with Crippen LogP contribution in [0.4, 0.5) is 18.9 Å². The molecule has 0 aliphatic carbocycles. The first-order chi connectivity index (χ1) is 9.24. The average molecular weight is 292 g/mol. The van der Waals surface area contributed by atoms with Gasteiger partial charge in [-0.1, -0.05) is 0 Å². The van der Waals surface area contributed by atoms with E-state index < -0.39 is 30.9 Å². The minimum absolute atomic E-state index is 0.118. The SMILES string of the molecule is CCOC(=O)c1c(NC(=O)CCC(F)(F)F)c[nH]c1C. The fourth-order valence-electron chi connectivity index (χ4n) is 1.56. The first-order valence-electron chi connectivity index (χ1n) is 5.96. The van der Waals surface area contributed by atoms with Gasteiger partial charge in [-0.05, 0) is 13.8 Å². The Hall–Kier alpha value is -1.99. The molecule has 0 saturated carbocycles. The number of aryl methyl sites for hydroxylation is 1. The third-order valence-electron chi connectivity index (χ3n) is 2.47. The summed E-state index contributed by atoms with van der Waals surface area (Å²) in [7, 11) is 0. The molecule has 8 heteroatoms. The van der Waals surface area contributed by atoms with E-state index in [0.29, 0.717) is 5.69 Å². The van der Waals surface area contributed by atoms with E-state index in [9.17, 15) is 22.8 Å². The summed E-state index contributed by atoms with van der Waals surface area (Å²) in [6.45, 7) is 3.38. The van der Waals surface area contributed by atoms with Crippen molar-refractivity contribution in [1.82, 2.24) is 4.98 Å². The molecule has 0 unspecified atom stereocenters. The maximum absolute atomic E-state index is 12.0. The van der Waals surface area contributed by atoms with E-state index in [2.05, 4.69) is 10.3 Å². The van der Waals surface area contributed by atoms with Crippen LogP contribution in [0.3, 0.4) is 0 Å². The predicted octanol–water partition coefficient (Wildman–Crippen LogP) is 2.78. The lowest BCUT2D eigenvalue weighted by Gasteiger charge is -2.08. The number of rotatable bonds is 5. The molecule has 20 heavy (non-hydrogen) atoms. The topological polar surface area (TPSA) is 71.2 Å². The second kappa shape index (κ2) is 6.44. The maximum Gasteiger partial charge on any atom is 0.389 e. The molecule has 1 heterocycles. The molecule has 112 valence electrons. The number of carbonyl (C=O) groups excluding carboxylic acids is 2. The van der Waals surface area contributed by atoms with Gasteiger partial charge in [0.1, 0.15) is 5.56 Å². The summed E-state index contributed by atoms with van der Waals surface area (Å²) in [5.41, 5.74) is 0.704. The van der Waals surface area contributed by atoms with Crippen LogP contribution in [0.2, 0.25) is 0 Å². The Kier molecular flexibility index (Phi) is 5.18. The van der Waals surface area contributed by atoms with E-state index >= 15 is 0 Å². The number of ether oxygens (including phenoxy) is 1. The Balaban J connectivity index is 2.73. The van der Waals surface area contributed by atoms with Gasteiger partial charge in [0.05, 0.1) is 18.7 Å². The van der Waals surface area contributed by atoms with E-state index in [1.165, 1.54) is 6.20 Å². The Morgan fingerprint density at radius 1 is 1.40 bits per heavy atom. The summed E-state index contributed by atoms with van der Waals surface area (Å²) < 4.78 is 40.8. The highest BCUT2D eigenvalue weighted by Gasteiger charge is 2.28. The number of alkyl halides is 3. The Bertz CT molecular complexity index is 495. The summed E-state index contributed by atoms with van der Waals surface area (Å²) in [5, 5.41) is 2.27. The Labute approximate surface area is 113 Å². The lowest BCUT2D eigenvalue weighted by Crippen LogP contribution is -2.18. The first-order valence-corrected chi connectivity index (χ1v) is 5.96. The summed E-state index contributed by atoms with van der Waals surface area (Å²) in [5.74, 6) is -1.45. The highest BCUT2D eigenvalue weighted by molar-refractivity contribution is 6.02. The molecule has 2 N–H and O–H groups in total. The van der Waals surface area contributed by atoms with Crippen molar-refractivity contribution in [3.05, 3.63) is 17.5 Å². The van der Waals surface area contributed by atoms with Gasteiger partial charge in [-0.25, -0.2) is 4.79 Å². The number of H-pyrrole nitrogens is 1. The molecule has 0 fully saturated rings. The van der Waals surface area contributed by atoms with E-state index in [1.807, 2.05) is 0 Å². The molecule has 0 bridgehead atoms. The van der Waals surface area contributed by atoms with Crippen molar-refractivity contribution in [1.29, 1.82) is 0 Å². The number of carbonyl (C=O) groups is 2. The number of hydrogen-bond acceptors (Lipinski definition) is 3. The molecular formula is C12H15F3N2O3. The fraction of sp³-hybridized carbons (Fsp3) is 0.500. The average Bonchev–Trinajstić information content (AvgIpc) is 2.67. The molecule has 0 aliphatic heterocycles. The number of esters is 1. The summed E-state index contributed by atoms with van der Waals surface area (Å²) in [4.78, 5) is 25.8. The van der Waals surface area contributed by atoms with Crippen LogP contribution >= 0.6 is 0 Å². The number of hydrogen-bond donors (Lipinski definition) is 2. The lowest BCUT2D eigenvalue weighted by atomic mass is 10.2. The number of aromatic amines is 1. The number of anilines is 1. The molecule has 5 nitrogen and oxygen atoms in total. The van der Waals surface area contributed by atoms with Gasteiger partial charge in [0.15, 0.2) is 0 Å².